The molecule has 0 spiro atoms. The van der Waals surface area contributed by atoms with Crippen molar-refractivity contribution in [2.45, 2.75) is 17.2 Å². The number of benzene rings is 2. The van der Waals surface area contributed by atoms with Crippen LogP contribution in [0.1, 0.15) is 11.1 Å². The number of rotatable bonds is 8. The first-order valence-corrected chi connectivity index (χ1v) is 10.4. The van der Waals surface area contributed by atoms with Gasteiger partial charge in [-0.15, -0.1) is 11.8 Å². The molecule has 0 aliphatic carbocycles. The van der Waals surface area contributed by atoms with Crippen LogP contribution in [0.25, 0.3) is 0 Å². The molecule has 0 atom stereocenters. The predicted molar refractivity (Wildman–Crippen MR) is 102 cm³/mol. The van der Waals surface area contributed by atoms with Crippen molar-refractivity contribution in [3.63, 3.8) is 0 Å². The lowest BCUT2D eigenvalue weighted by atomic mass is 10.2. The third kappa shape index (κ3) is 5.59. The third-order valence-corrected chi connectivity index (χ3v) is 6.47. The molecule has 1 amide bonds. The van der Waals surface area contributed by atoms with E-state index in [2.05, 4.69) is 5.32 Å². The Bertz CT molecular complexity index is 806. The normalized spacial score (nSPS) is 11.5. The summed E-state index contributed by atoms with van der Waals surface area (Å²) in [7, 11) is -0.550. The fraction of sp³-hybridized carbons (Fsp3) is 0.278. The Hall–Kier alpha value is -1.83. The number of nitrogens with one attached hydrogen (secondary N) is 1. The zero-order chi connectivity index (χ0) is 18.3. The van der Waals surface area contributed by atoms with Crippen LogP contribution in [-0.4, -0.2) is 38.5 Å². The largest absolute Gasteiger partial charge is 0.351 e. The van der Waals surface area contributed by atoms with Gasteiger partial charge in [-0.2, -0.15) is 0 Å². The van der Waals surface area contributed by atoms with E-state index in [0.29, 0.717) is 11.3 Å². The van der Waals surface area contributed by atoms with E-state index in [-0.39, 0.29) is 17.3 Å². The van der Waals surface area contributed by atoms with Crippen LogP contribution in [0.2, 0.25) is 0 Å². The average Bonchev–Trinajstić information content (AvgIpc) is 2.61. The summed E-state index contributed by atoms with van der Waals surface area (Å²) in [6.07, 6.45) is 0. The predicted octanol–water partition coefficient (Wildman–Crippen LogP) is 2.49. The first-order valence-electron chi connectivity index (χ1n) is 7.80. The Balaban J connectivity index is 1.90. The van der Waals surface area contributed by atoms with Gasteiger partial charge in [-0.05, 0) is 17.2 Å². The van der Waals surface area contributed by atoms with Crippen molar-refractivity contribution in [3.8, 4) is 0 Å². The highest BCUT2D eigenvalue weighted by atomic mass is 32.2. The van der Waals surface area contributed by atoms with Crippen LogP contribution >= 0.6 is 11.8 Å². The molecule has 0 fully saturated rings. The van der Waals surface area contributed by atoms with Gasteiger partial charge in [-0.25, -0.2) is 12.7 Å². The Kier molecular flexibility index (Phi) is 7.04. The molecule has 134 valence electrons. The van der Waals surface area contributed by atoms with Gasteiger partial charge < -0.3 is 5.32 Å². The van der Waals surface area contributed by atoms with Crippen LogP contribution in [0.3, 0.4) is 0 Å². The van der Waals surface area contributed by atoms with Crippen molar-refractivity contribution in [3.05, 3.63) is 65.7 Å². The highest BCUT2D eigenvalue weighted by Crippen LogP contribution is 2.18. The van der Waals surface area contributed by atoms with Gasteiger partial charge in [0.1, 0.15) is 0 Å². The van der Waals surface area contributed by atoms with Gasteiger partial charge in [0, 0.05) is 26.4 Å². The van der Waals surface area contributed by atoms with Gasteiger partial charge in [0.15, 0.2) is 0 Å². The molecule has 0 unspecified atom stereocenters. The van der Waals surface area contributed by atoms with Crippen LogP contribution in [0.5, 0.6) is 0 Å². The second kappa shape index (κ2) is 9.03. The van der Waals surface area contributed by atoms with Crippen molar-refractivity contribution in [2.75, 3.05) is 19.8 Å². The minimum atomic E-state index is -3.53. The van der Waals surface area contributed by atoms with E-state index in [1.54, 1.807) is 24.3 Å². The van der Waals surface area contributed by atoms with Gasteiger partial charge in [-0.3, -0.25) is 4.79 Å². The van der Waals surface area contributed by atoms with E-state index in [1.165, 1.54) is 35.7 Å². The van der Waals surface area contributed by atoms with Crippen molar-refractivity contribution in [1.82, 2.24) is 9.62 Å². The molecule has 2 rings (SSSR count). The van der Waals surface area contributed by atoms with Crippen LogP contribution in [-0.2, 0) is 27.1 Å². The fourth-order valence-corrected chi connectivity index (χ4v) is 4.11. The summed E-state index contributed by atoms with van der Waals surface area (Å²) in [5, 5.41) is 2.79. The van der Waals surface area contributed by atoms with Gasteiger partial charge in [-0.1, -0.05) is 48.5 Å². The zero-order valence-electron chi connectivity index (χ0n) is 14.3. The molecule has 5 nitrogen and oxygen atoms in total. The molecule has 2 aromatic rings. The molecule has 25 heavy (non-hydrogen) atoms. The Morgan fingerprint density at radius 1 is 1.04 bits per heavy atom. The van der Waals surface area contributed by atoms with Crippen LogP contribution in [0, 0.1) is 0 Å². The summed E-state index contributed by atoms with van der Waals surface area (Å²) in [5.41, 5.74) is 1.75. The number of sulfonamides is 1. The summed E-state index contributed by atoms with van der Waals surface area (Å²) >= 11 is 1.53. The number of carbonyl (C=O) groups excluding carboxylic acids is 1. The Morgan fingerprint density at radius 2 is 1.68 bits per heavy atom. The highest BCUT2D eigenvalue weighted by molar-refractivity contribution is 7.99. The lowest BCUT2D eigenvalue weighted by Gasteiger charge is -2.15. The molecule has 2 aromatic carbocycles. The molecule has 0 saturated carbocycles. The molecule has 0 bridgehead atoms. The van der Waals surface area contributed by atoms with E-state index in [1.807, 2.05) is 30.3 Å². The maximum Gasteiger partial charge on any atom is 0.242 e. The standard InChI is InChI=1S/C18H22N2O3S2/c1-20(2)25(22,23)17-11-7-6-10-16(17)12-19-18(21)14-24-13-15-8-4-3-5-9-15/h3-11H,12-14H2,1-2H3,(H,19,21). The van der Waals surface area contributed by atoms with Gasteiger partial charge in [0.25, 0.3) is 0 Å². The summed E-state index contributed by atoms with van der Waals surface area (Å²) < 4.78 is 25.8. The van der Waals surface area contributed by atoms with Gasteiger partial charge in [0.05, 0.1) is 10.6 Å². The van der Waals surface area contributed by atoms with Crippen LogP contribution in [0.4, 0.5) is 0 Å². The van der Waals surface area contributed by atoms with E-state index >= 15 is 0 Å². The number of thioether (sulfide) groups is 1. The monoisotopic (exact) mass is 378 g/mol. The van der Waals surface area contributed by atoms with Crippen LogP contribution in [0.15, 0.2) is 59.5 Å². The van der Waals surface area contributed by atoms with Crippen molar-refractivity contribution >= 4 is 27.7 Å². The molecule has 0 aliphatic heterocycles. The van der Waals surface area contributed by atoms with E-state index in [9.17, 15) is 13.2 Å². The quantitative estimate of drug-likeness (QED) is 0.766. The smallest absolute Gasteiger partial charge is 0.242 e. The molecule has 1 N–H and O–H groups in total. The number of hydrogen-bond donors (Lipinski definition) is 1. The van der Waals surface area contributed by atoms with Gasteiger partial charge in [0.2, 0.25) is 15.9 Å². The first kappa shape index (κ1) is 19.5. The Morgan fingerprint density at radius 3 is 2.36 bits per heavy atom. The molecule has 7 heteroatoms. The van der Waals surface area contributed by atoms with Crippen LogP contribution < -0.4 is 5.32 Å². The Labute approximate surface area is 153 Å². The zero-order valence-corrected chi connectivity index (χ0v) is 15.9. The molecule has 0 radical (unpaired) electrons. The summed E-state index contributed by atoms with van der Waals surface area (Å²) in [4.78, 5) is 12.2. The fourth-order valence-electron chi connectivity index (χ4n) is 2.18. The second-order valence-electron chi connectivity index (χ2n) is 5.65. The minimum Gasteiger partial charge on any atom is -0.351 e. The van der Waals surface area contributed by atoms with E-state index in [4.69, 9.17) is 0 Å². The van der Waals surface area contributed by atoms with E-state index < -0.39 is 10.0 Å². The first-order chi connectivity index (χ1) is 11.9. The van der Waals surface area contributed by atoms with Gasteiger partial charge >= 0.3 is 0 Å². The summed E-state index contributed by atoms with van der Waals surface area (Å²) in [6, 6.07) is 16.7. The molecule has 0 aromatic heterocycles. The maximum absolute atomic E-state index is 12.3. The second-order valence-corrected chi connectivity index (χ2v) is 8.76. The number of carbonyl (C=O) groups is 1. The molecular formula is C18H22N2O3S2. The summed E-state index contributed by atoms with van der Waals surface area (Å²) in [6.45, 7) is 0.188. The highest BCUT2D eigenvalue weighted by Gasteiger charge is 2.20. The van der Waals surface area contributed by atoms with Crippen molar-refractivity contribution in [1.29, 1.82) is 0 Å². The molecular weight excluding hydrogens is 356 g/mol. The van der Waals surface area contributed by atoms with Crippen molar-refractivity contribution in [2.24, 2.45) is 0 Å². The molecule has 0 aliphatic rings. The lowest BCUT2D eigenvalue weighted by Crippen LogP contribution is -2.28. The summed E-state index contributed by atoms with van der Waals surface area (Å²) in [5.74, 6) is 0.982. The number of amides is 1. The maximum atomic E-state index is 12.3. The molecule has 0 heterocycles. The molecule has 0 saturated heterocycles. The van der Waals surface area contributed by atoms with Crippen molar-refractivity contribution < 1.29 is 13.2 Å². The number of hydrogen-bond acceptors (Lipinski definition) is 4. The SMILES string of the molecule is CN(C)S(=O)(=O)c1ccccc1CNC(=O)CSCc1ccccc1. The minimum absolute atomic E-state index is 0.113. The topological polar surface area (TPSA) is 66.5 Å². The third-order valence-electron chi connectivity index (χ3n) is 3.55. The van der Waals surface area contributed by atoms with E-state index in [0.717, 1.165) is 5.75 Å². The number of nitrogens with zero attached hydrogens (tertiary/aromatic N) is 1. The average molecular weight is 379 g/mol. The lowest BCUT2D eigenvalue weighted by molar-refractivity contribution is -0.118.